The molecule has 0 saturated carbocycles. The summed E-state index contributed by atoms with van der Waals surface area (Å²) < 4.78 is 5.56. The van der Waals surface area contributed by atoms with Crippen molar-refractivity contribution in [3.05, 3.63) is 28.3 Å². The number of carboxylic acid groups (broad SMARTS) is 1. The largest absolute Gasteiger partial charge is 0.481 e. The maximum atomic E-state index is 11.9. The molecule has 0 aliphatic heterocycles. The Hall–Kier alpha value is -2.15. The molecule has 0 unspecified atom stereocenters. The Balaban J connectivity index is 1.99. The molecule has 0 aliphatic rings. The van der Waals surface area contributed by atoms with Crippen LogP contribution in [0.15, 0.2) is 21.2 Å². The Bertz CT molecular complexity index is 674. The van der Waals surface area contributed by atoms with E-state index in [1.165, 1.54) is 0 Å². The minimum Gasteiger partial charge on any atom is -0.481 e. The number of aliphatic carboxylic acids is 1. The number of amides is 1. The lowest BCUT2D eigenvalue weighted by molar-refractivity contribution is -0.146. The predicted octanol–water partition coefficient (Wildman–Crippen LogP) is 2.48. The zero-order valence-electron chi connectivity index (χ0n) is 12.7. The summed E-state index contributed by atoms with van der Waals surface area (Å²) in [5.74, 6) is -0.144. The fourth-order valence-electron chi connectivity index (χ4n) is 1.71. The van der Waals surface area contributed by atoms with Gasteiger partial charge in [-0.2, -0.15) is 11.3 Å². The highest BCUT2D eigenvalue weighted by atomic mass is 32.1. The van der Waals surface area contributed by atoms with E-state index >= 15 is 0 Å². The molecule has 2 heterocycles. The van der Waals surface area contributed by atoms with Crippen LogP contribution < -0.4 is 5.32 Å². The summed E-state index contributed by atoms with van der Waals surface area (Å²) in [6, 6.07) is 1.90. The number of carboxylic acids is 1. The fourth-order valence-corrected chi connectivity index (χ4v) is 2.34. The lowest BCUT2D eigenvalue weighted by Gasteiger charge is -2.19. The topological polar surface area (TPSA) is 92.4 Å². The van der Waals surface area contributed by atoms with Crippen molar-refractivity contribution < 1.29 is 19.1 Å². The first kappa shape index (κ1) is 16.2. The summed E-state index contributed by atoms with van der Waals surface area (Å²) in [7, 11) is 0. The highest BCUT2D eigenvalue weighted by Gasteiger charge is 2.27. The number of nitrogens with zero attached hydrogens (tertiary/aromatic N) is 1. The van der Waals surface area contributed by atoms with Gasteiger partial charge < -0.3 is 14.8 Å². The highest BCUT2D eigenvalue weighted by molar-refractivity contribution is 7.08. The van der Waals surface area contributed by atoms with Gasteiger partial charge in [0, 0.05) is 17.5 Å². The first-order chi connectivity index (χ1) is 10.3. The molecule has 2 N–H and O–H groups in total. The number of nitrogens with one attached hydrogen (secondary N) is 1. The van der Waals surface area contributed by atoms with E-state index in [9.17, 15) is 9.59 Å². The normalized spacial score (nSPS) is 11.4. The molecule has 1 amide bonds. The van der Waals surface area contributed by atoms with Gasteiger partial charge >= 0.3 is 5.97 Å². The van der Waals surface area contributed by atoms with Crippen LogP contribution in [-0.4, -0.2) is 28.5 Å². The third-order valence-corrected chi connectivity index (χ3v) is 3.98. The molecule has 0 bridgehead atoms. The Morgan fingerprint density at radius 2 is 2.18 bits per heavy atom. The van der Waals surface area contributed by atoms with Crippen LogP contribution in [0.1, 0.15) is 25.3 Å². The molecule has 2 aromatic heterocycles. The van der Waals surface area contributed by atoms with Crippen molar-refractivity contribution in [2.45, 2.75) is 27.2 Å². The van der Waals surface area contributed by atoms with Crippen LogP contribution in [0, 0.1) is 12.3 Å². The van der Waals surface area contributed by atoms with Crippen LogP contribution in [0.3, 0.4) is 0 Å². The van der Waals surface area contributed by atoms with E-state index in [2.05, 4.69) is 10.3 Å². The molecule has 0 aromatic carbocycles. The fraction of sp³-hybridized carbons (Fsp3) is 0.400. The van der Waals surface area contributed by atoms with Crippen molar-refractivity contribution in [2.75, 3.05) is 6.54 Å². The van der Waals surface area contributed by atoms with Crippen molar-refractivity contribution in [1.82, 2.24) is 10.3 Å². The first-order valence-electron chi connectivity index (χ1n) is 6.78. The summed E-state index contributed by atoms with van der Waals surface area (Å²) >= 11 is 1.54. The summed E-state index contributed by atoms with van der Waals surface area (Å²) in [6.45, 7) is 4.94. The van der Waals surface area contributed by atoms with Crippen molar-refractivity contribution >= 4 is 23.2 Å². The molecule has 0 spiro atoms. The lowest BCUT2D eigenvalue weighted by atomic mass is 9.94. The molecule has 0 radical (unpaired) electrons. The third-order valence-electron chi connectivity index (χ3n) is 3.30. The van der Waals surface area contributed by atoms with Gasteiger partial charge in [0.2, 0.25) is 11.8 Å². The number of carbonyl (C=O) groups is 2. The molecule has 7 heteroatoms. The average Bonchev–Trinajstić information content (AvgIpc) is 3.07. The molecule has 118 valence electrons. The second kappa shape index (κ2) is 6.31. The van der Waals surface area contributed by atoms with Crippen molar-refractivity contribution in [3.63, 3.8) is 0 Å². The quantitative estimate of drug-likeness (QED) is 0.852. The van der Waals surface area contributed by atoms with Gasteiger partial charge in [-0.1, -0.05) is 0 Å². The molecular formula is C15H18N2O4S. The molecule has 0 saturated heterocycles. The Morgan fingerprint density at radius 1 is 1.45 bits per heavy atom. The van der Waals surface area contributed by atoms with Crippen LogP contribution >= 0.6 is 11.3 Å². The van der Waals surface area contributed by atoms with E-state index < -0.39 is 11.4 Å². The molecule has 22 heavy (non-hydrogen) atoms. The van der Waals surface area contributed by atoms with Gasteiger partial charge in [0.1, 0.15) is 5.76 Å². The van der Waals surface area contributed by atoms with E-state index in [0.29, 0.717) is 17.3 Å². The first-order valence-corrected chi connectivity index (χ1v) is 7.73. The maximum absolute atomic E-state index is 11.9. The van der Waals surface area contributed by atoms with E-state index in [1.807, 2.05) is 16.8 Å². The minimum atomic E-state index is -1.00. The summed E-state index contributed by atoms with van der Waals surface area (Å²) in [5.41, 5.74) is 0.440. The van der Waals surface area contributed by atoms with Gasteiger partial charge in [-0.25, -0.2) is 4.98 Å². The van der Waals surface area contributed by atoms with Gasteiger partial charge in [0.15, 0.2) is 0 Å². The molecule has 0 atom stereocenters. The Labute approximate surface area is 132 Å². The van der Waals surface area contributed by atoms with Gasteiger partial charge in [-0.15, -0.1) is 0 Å². The van der Waals surface area contributed by atoms with E-state index in [4.69, 9.17) is 9.52 Å². The predicted molar refractivity (Wildman–Crippen MR) is 82.7 cm³/mol. The SMILES string of the molecule is Cc1oc(-c2ccsc2)nc1CC(=O)NCC(C)(C)C(=O)O. The zero-order valence-corrected chi connectivity index (χ0v) is 13.5. The number of hydrogen-bond donors (Lipinski definition) is 2. The Kier molecular flexibility index (Phi) is 4.65. The lowest BCUT2D eigenvalue weighted by Crippen LogP contribution is -2.39. The second-order valence-electron chi connectivity index (χ2n) is 5.68. The molecule has 2 rings (SSSR count). The number of rotatable bonds is 6. The molecular weight excluding hydrogens is 304 g/mol. The van der Waals surface area contributed by atoms with E-state index in [-0.39, 0.29) is 18.9 Å². The number of thiophene rings is 1. The average molecular weight is 322 g/mol. The van der Waals surface area contributed by atoms with Crippen LogP contribution in [0.4, 0.5) is 0 Å². The van der Waals surface area contributed by atoms with Crippen molar-refractivity contribution in [1.29, 1.82) is 0 Å². The monoisotopic (exact) mass is 322 g/mol. The highest BCUT2D eigenvalue weighted by Crippen LogP contribution is 2.24. The maximum Gasteiger partial charge on any atom is 0.310 e. The zero-order chi connectivity index (χ0) is 16.3. The molecule has 2 aromatic rings. The number of aromatic nitrogens is 1. The molecule has 0 fully saturated rings. The van der Waals surface area contributed by atoms with Gasteiger partial charge in [-0.3, -0.25) is 9.59 Å². The number of aryl methyl sites for hydroxylation is 1. The van der Waals surface area contributed by atoms with Gasteiger partial charge in [-0.05, 0) is 32.2 Å². The minimum absolute atomic E-state index is 0.0647. The summed E-state index contributed by atoms with van der Waals surface area (Å²) in [4.78, 5) is 27.3. The van der Waals surface area contributed by atoms with E-state index in [0.717, 1.165) is 5.56 Å². The standard InChI is InChI=1S/C15H18N2O4S/c1-9-11(17-13(21-9)10-4-5-22-7-10)6-12(18)16-8-15(2,3)14(19)20/h4-5,7H,6,8H2,1-3H3,(H,16,18)(H,19,20). The second-order valence-corrected chi connectivity index (χ2v) is 6.46. The smallest absolute Gasteiger partial charge is 0.310 e. The van der Waals surface area contributed by atoms with Crippen LogP contribution in [0.2, 0.25) is 0 Å². The number of hydrogen-bond acceptors (Lipinski definition) is 5. The third kappa shape index (κ3) is 3.73. The summed E-state index contributed by atoms with van der Waals surface area (Å²) in [5, 5.41) is 15.5. The van der Waals surface area contributed by atoms with Gasteiger partial charge in [0.25, 0.3) is 0 Å². The van der Waals surface area contributed by atoms with Crippen molar-refractivity contribution in [2.24, 2.45) is 5.41 Å². The van der Waals surface area contributed by atoms with Crippen molar-refractivity contribution in [3.8, 4) is 11.5 Å². The van der Waals surface area contributed by atoms with Crippen LogP contribution in [0.25, 0.3) is 11.5 Å². The number of carbonyl (C=O) groups excluding carboxylic acids is 1. The summed E-state index contributed by atoms with van der Waals surface area (Å²) in [6.07, 6.45) is 0.0647. The van der Waals surface area contributed by atoms with Gasteiger partial charge in [0.05, 0.1) is 17.5 Å². The van der Waals surface area contributed by atoms with Crippen LogP contribution in [0.5, 0.6) is 0 Å². The Morgan fingerprint density at radius 3 is 2.77 bits per heavy atom. The molecule has 0 aliphatic carbocycles. The van der Waals surface area contributed by atoms with Crippen LogP contribution in [-0.2, 0) is 16.0 Å². The molecule has 6 nitrogen and oxygen atoms in total. The number of oxazole rings is 1. The van der Waals surface area contributed by atoms with E-state index in [1.54, 1.807) is 32.1 Å².